The Morgan fingerprint density at radius 3 is 1.83 bits per heavy atom. The molecule has 3 nitrogen and oxygen atoms in total. The normalized spacial score (nSPS) is 10.2. The topological polar surface area (TPSA) is 29.5 Å². The number of rotatable bonds is 3. The molecule has 0 spiro atoms. The molecule has 24 heavy (non-hydrogen) atoms. The largest absolute Gasteiger partial charge is 0.424 e. The minimum Gasteiger partial charge on any atom is -0.409 e. The van der Waals surface area contributed by atoms with E-state index < -0.39 is 6.09 Å². The molecule has 0 aliphatic rings. The molecule has 0 saturated carbocycles. The van der Waals surface area contributed by atoms with Crippen LogP contribution in [0.15, 0.2) is 78.9 Å². The molecule has 0 saturated heterocycles. The molecule has 0 unspecified atom stereocenters. The number of benzene rings is 3. The molecule has 1 amide bonds. The Bertz CT molecular complexity index is 789. The van der Waals surface area contributed by atoms with E-state index in [-0.39, 0.29) is 0 Å². The first-order valence-electron chi connectivity index (χ1n) is 7.84. The van der Waals surface area contributed by atoms with Crippen molar-refractivity contribution in [3.63, 3.8) is 0 Å². The summed E-state index contributed by atoms with van der Waals surface area (Å²) < 4.78 is 5.66. The van der Waals surface area contributed by atoms with E-state index in [2.05, 4.69) is 0 Å². The third-order valence-electron chi connectivity index (χ3n) is 3.74. The molecule has 0 heterocycles. The van der Waals surface area contributed by atoms with Gasteiger partial charge < -0.3 is 4.74 Å². The first-order valence-corrected chi connectivity index (χ1v) is 7.84. The smallest absolute Gasteiger partial charge is 0.409 e. The lowest BCUT2D eigenvalue weighted by Gasteiger charge is -2.22. The SMILES string of the molecule is Cc1ccc(OC(=O)N(c2ccccc2)c2ccccc2)c(C)c1. The molecular formula is C21H19NO2. The van der Waals surface area contributed by atoms with Gasteiger partial charge in [0.25, 0.3) is 0 Å². The van der Waals surface area contributed by atoms with Gasteiger partial charge in [0.1, 0.15) is 5.75 Å². The maximum Gasteiger partial charge on any atom is 0.424 e. The van der Waals surface area contributed by atoms with E-state index in [1.807, 2.05) is 92.7 Å². The molecule has 3 heteroatoms. The van der Waals surface area contributed by atoms with Crippen molar-refractivity contribution < 1.29 is 9.53 Å². The van der Waals surface area contributed by atoms with Crippen LogP contribution in [0.2, 0.25) is 0 Å². The zero-order valence-electron chi connectivity index (χ0n) is 13.8. The van der Waals surface area contributed by atoms with Crippen molar-refractivity contribution in [1.29, 1.82) is 0 Å². The standard InChI is InChI=1S/C21H19NO2/c1-16-13-14-20(17(2)15-16)24-21(23)22(18-9-5-3-6-10-18)19-11-7-4-8-12-19/h3-15H,1-2H3. The van der Waals surface area contributed by atoms with E-state index in [0.29, 0.717) is 5.75 Å². The Hall–Kier alpha value is -3.07. The van der Waals surface area contributed by atoms with Crippen LogP contribution in [0.1, 0.15) is 11.1 Å². The van der Waals surface area contributed by atoms with Crippen LogP contribution in [-0.4, -0.2) is 6.09 Å². The molecule has 0 aromatic heterocycles. The van der Waals surface area contributed by atoms with Crippen molar-refractivity contribution in [3.8, 4) is 5.75 Å². The highest BCUT2D eigenvalue weighted by atomic mass is 16.6. The van der Waals surface area contributed by atoms with Gasteiger partial charge in [0, 0.05) is 0 Å². The Morgan fingerprint density at radius 2 is 1.33 bits per heavy atom. The lowest BCUT2D eigenvalue weighted by molar-refractivity contribution is 0.210. The number of hydrogen-bond donors (Lipinski definition) is 0. The Balaban J connectivity index is 1.95. The molecular weight excluding hydrogens is 298 g/mol. The summed E-state index contributed by atoms with van der Waals surface area (Å²) in [5, 5.41) is 0. The van der Waals surface area contributed by atoms with E-state index in [0.717, 1.165) is 22.5 Å². The molecule has 0 aliphatic heterocycles. The van der Waals surface area contributed by atoms with Gasteiger partial charge >= 0.3 is 6.09 Å². The summed E-state index contributed by atoms with van der Waals surface area (Å²) in [6.45, 7) is 3.95. The minimum absolute atomic E-state index is 0.431. The second-order valence-electron chi connectivity index (χ2n) is 5.64. The molecule has 0 atom stereocenters. The maximum absolute atomic E-state index is 12.9. The summed E-state index contributed by atoms with van der Waals surface area (Å²) in [7, 11) is 0. The summed E-state index contributed by atoms with van der Waals surface area (Å²) in [5.74, 6) is 0.572. The third kappa shape index (κ3) is 3.46. The summed E-state index contributed by atoms with van der Waals surface area (Å²) in [6, 6.07) is 24.7. The fourth-order valence-electron chi connectivity index (χ4n) is 2.57. The van der Waals surface area contributed by atoms with E-state index in [1.165, 1.54) is 0 Å². The first-order chi connectivity index (χ1) is 11.6. The monoisotopic (exact) mass is 317 g/mol. The van der Waals surface area contributed by atoms with Gasteiger partial charge in [0.15, 0.2) is 0 Å². The molecule has 3 aromatic carbocycles. The molecule has 0 N–H and O–H groups in total. The van der Waals surface area contributed by atoms with Crippen LogP contribution in [0.5, 0.6) is 5.75 Å². The van der Waals surface area contributed by atoms with E-state index in [9.17, 15) is 4.79 Å². The van der Waals surface area contributed by atoms with Crippen LogP contribution < -0.4 is 9.64 Å². The molecule has 120 valence electrons. The van der Waals surface area contributed by atoms with Crippen molar-refractivity contribution in [3.05, 3.63) is 90.0 Å². The molecule has 0 aliphatic carbocycles. The molecule has 0 radical (unpaired) electrons. The number of carbonyl (C=O) groups excluding carboxylic acids is 1. The predicted molar refractivity (Wildman–Crippen MR) is 97.0 cm³/mol. The predicted octanol–water partition coefficient (Wildman–Crippen LogP) is 5.64. The highest BCUT2D eigenvalue weighted by Crippen LogP contribution is 2.27. The van der Waals surface area contributed by atoms with Crippen LogP contribution >= 0.6 is 0 Å². The Labute approximate surface area is 142 Å². The number of aryl methyl sites for hydroxylation is 2. The highest BCUT2D eigenvalue weighted by molar-refractivity contribution is 5.97. The van der Waals surface area contributed by atoms with Gasteiger partial charge in [0.2, 0.25) is 0 Å². The number of amides is 1. The fourth-order valence-corrected chi connectivity index (χ4v) is 2.57. The third-order valence-corrected chi connectivity index (χ3v) is 3.74. The summed E-state index contributed by atoms with van der Waals surface area (Å²) in [6.07, 6.45) is -0.431. The van der Waals surface area contributed by atoms with Gasteiger partial charge in [0.05, 0.1) is 11.4 Å². The summed E-state index contributed by atoms with van der Waals surface area (Å²) >= 11 is 0. The number of ether oxygens (including phenoxy) is 1. The Kier molecular flexibility index (Phi) is 4.62. The van der Waals surface area contributed by atoms with Gasteiger partial charge in [-0.05, 0) is 49.7 Å². The summed E-state index contributed by atoms with van der Waals surface area (Å²) in [5.41, 5.74) is 3.59. The van der Waals surface area contributed by atoms with Crippen LogP contribution in [-0.2, 0) is 0 Å². The summed E-state index contributed by atoms with van der Waals surface area (Å²) in [4.78, 5) is 14.4. The molecule has 3 rings (SSSR count). The maximum atomic E-state index is 12.9. The van der Waals surface area contributed by atoms with Gasteiger partial charge in [-0.25, -0.2) is 9.69 Å². The number of anilines is 2. The van der Waals surface area contributed by atoms with Crippen LogP contribution in [0.25, 0.3) is 0 Å². The van der Waals surface area contributed by atoms with Gasteiger partial charge in [-0.1, -0.05) is 54.1 Å². The molecule has 0 bridgehead atoms. The van der Waals surface area contributed by atoms with Gasteiger partial charge in [-0.15, -0.1) is 0 Å². The van der Waals surface area contributed by atoms with Crippen LogP contribution in [0.4, 0.5) is 16.2 Å². The number of para-hydroxylation sites is 2. The first kappa shape index (κ1) is 15.8. The molecule has 0 fully saturated rings. The second-order valence-corrected chi connectivity index (χ2v) is 5.64. The fraction of sp³-hybridized carbons (Fsp3) is 0.0952. The Morgan fingerprint density at radius 1 is 0.792 bits per heavy atom. The average Bonchev–Trinajstić information content (AvgIpc) is 2.60. The molecule has 3 aromatic rings. The zero-order chi connectivity index (χ0) is 16.9. The van der Waals surface area contributed by atoms with Gasteiger partial charge in [-0.3, -0.25) is 0 Å². The van der Waals surface area contributed by atoms with E-state index >= 15 is 0 Å². The van der Waals surface area contributed by atoms with E-state index in [1.54, 1.807) is 4.90 Å². The van der Waals surface area contributed by atoms with Crippen molar-refractivity contribution in [2.75, 3.05) is 4.90 Å². The van der Waals surface area contributed by atoms with Crippen molar-refractivity contribution >= 4 is 17.5 Å². The minimum atomic E-state index is -0.431. The second kappa shape index (κ2) is 7.01. The quantitative estimate of drug-likeness (QED) is 0.625. The van der Waals surface area contributed by atoms with Crippen molar-refractivity contribution in [1.82, 2.24) is 0 Å². The van der Waals surface area contributed by atoms with Crippen LogP contribution in [0, 0.1) is 13.8 Å². The van der Waals surface area contributed by atoms with Crippen molar-refractivity contribution in [2.24, 2.45) is 0 Å². The van der Waals surface area contributed by atoms with Crippen LogP contribution in [0.3, 0.4) is 0 Å². The number of carbonyl (C=O) groups is 1. The lowest BCUT2D eigenvalue weighted by atomic mass is 10.1. The number of nitrogens with zero attached hydrogens (tertiary/aromatic N) is 1. The highest BCUT2D eigenvalue weighted by Gasteiger charge is 2.20. The average molecular weight is 317 g/mol. The lowest BCUT2D eigenvalue weighted by Crippen LogP contribution is -2.29. The number of hydrogen-bond acceptors (Lipinski definition) is 2. The van der Waals surface area contributed by atoms with E-state index in [4.69, 9.17) is 4.74 Å². The van der Waals surface area contributed by atoms with Gasteiger partial charge in [-0.2, -0.15) is 0 Å². The van der Waals surface area contributed by atoms with Crippen molar-refractivity contribution in [2.45, 2.75) is 13.8 Å². The zero-order valence-corrected chi connectivity index (χ0v) is 13.8.